The number of fused-ring (bicyclic) bond motifs is 4. The number of methoxy groups -OCH3 is 1. The Hall–Kier alpha value is -3.27. The van der Waals surface area contributed by atoms with Crippen LogP contribution in [0, 0.1) is 29.1 Å². The molecule has 1 aromatic carbocycles. The smallest absolute Gasteiger partial charge is 0.303 e. The van der Waals surface area contributed by atoms with Crippen LogP contribution in [0.2, 0.25) is 0 Å². The van der Waals surface area contributed by atoms with E-state index in [0.29, 0.717) is 27.6 Å². The molecule has 10 heteroatoms. The van der Waals surface area contributed by atoms with Crippen molar-refractivity contribution in [2.45, 2.75) is 52.4 Å². The standard InChI is InChI=1S/C30H32BrNO8/c1-13-14(2)27(37)30(3)19(25(13)35)12-18-16(24(30)15-10-20(31)26(36)21(11-15)40-4)7-8-17-23(18)29(39)32(28(17)38)9-5-6-22(33)34/h7,10-11,17-19,23-24,36H,5-6,8-9,12H2,1-4H3,(H,33,34)/t17-,18+,19-,23-,24-,30+/m0/s1. The topological polar surface area (TPSA) is 138 Å². The lowest BCUT2D eigenvalue weighted by Crippen LogP contribution is -2.55. The summed E-state index contributed by atoms with van der Waals surface area (Å²) in [4.78, 5) is 67.1. The van der Waals surface area contributed by atoms with Gasteiger partial charge in [-0.3, -0.25) is 28.9 Å². The molecule has 40 heavy (non-hydrogen) atoms. The zero-order valence-corrected chi connectivity index (χ0v) is 24.4. The normalized spacial score (nSPS) is 31.6. The maximum Gasteiger partial charge on any atom is 0.303 e. The molecule has 2 amide bonds. The van der Waals surface area contributed by atoms with Crippen LogP contribution in [0.1, 0.15) is 57.9 Å². The van der Waals surface area contributed by atoms with Crippen LogP contribution >= 0.6 is 15.9 Å². The lowest BCUT2D eigenvalue weighted by molar-refractivity contribution is -0.143. The SMILES string of the molecule is COc1cc([C@H]2C3=CC[C@@H]4C(=O)N(CCCC(=O)O)C(=O)[C@@H]4[C@@H]3C[C@H]3C(=O)C(C)=C(C)C(=O)[C@@]23C)cc(Br)c1O. The molecule has 9 nitrogen and oxygen atoms in total. The van der Waals surface area contributed by atoms with Crippen molar-refractivity contribution in [2.75, 3.05) is 13.7 Å². The maximum absolute atomic E-state index is 14.1. The number of phenols is 1. The minimum atomic E-state index is -1.15. The highest BCUT2D eigenvalue weighted by molar-refractivity contribution is 9.10. The maximum atomic E-state index is 14.1. The zero-order chi connectivity index (χ0) is 29.3. The number of likely N-dealkylation sites (tertiary alicyclic amines) is 1. The molecule has 212 valence electrons. The molecule has 0 bridgehead atoms. The molecular formula is C30H32BrNO8. The molecule has 1 saturated heterocycles. The number of nitrogens with zero attached hydrogens (tertiary/aromatic N) is 1. The van der Waals surface area contributed by atoms with Crippen molar-refractivity contribution in [3.63, 3.8) is 0 Å². The van der Waals surface area contributed by atoms with E-state index in [1.54, 1.807) is 26.0 Å². The fourth-order valence-electron chi connectivity index (χ4n) is 7.55. The third kappa shape index (κ3) is 3.97. The van der Waals surface area contributed by atoms with Gasteiger partial charge in [0.2, 0.25) is 11.8 Å². The summed E-state index contributed by atoms with van der Waals surface area (Å²) in [7, 11) is 1.43. The summed E-state index contributed by atoms with van der Waals surface area (Å²) < 4.78 is 5.78. The second-order valence-corrected chi connectivity index (χ2v) is 12.4. The molecule has 3 aliphatic carbocycles. The average molecular weight is 614 g/mol. The molecule has 5 rings (SSSR count). The monoisotopic (exact) mass is 613 g/mol. The van der Waals surface area contributed by atoms with Gasteiger partial charge >= 0.3 is 5.97 Å². The Bertz CT molecular complexity index is 1430. The van der Waals surface area contributed by atoms with Crippen molar-refractivity contribution in [3.05, 3.63) is 45.0 Å². The summed E-state index contributed by atoms with van der Waals surface area (Å²) in [5.41, 5.74) is 1.18. The summed E-state index contributed by atoms with van der Waals surface area (Å²) >= 11 is 3.39. The molecule has 1 saturated carbocycles. The molecular weight excluding hydrogens is 582 g/mol. The van der Waals surface area contributed by atoms with E-state index in [4.69, 9.17) is 9.84 Å². The number of aromatic hydroxyl groups is 1. The number of allylic oxidation sites excluding steroid dienone is 4. The Morgan fingerprint density at radius 1 is 1.12 bits per heavy atom. The number of hydrogen-bond acceptors (Lipinski definition) is 7. The van der Waals surface area contributed by atoms with E-state index in [2.05, 4.69) is 15.9 Å². The molecule has 1 aliphatic heterocycles. The first-order valence-corrected chi connectivity index (χ1v) is 14.2. The molecule has 2 N–H and O–H groups in total. The van der Waals surface area contributed by atoms with Crippen molar-refractivity contribution < 1.29 is 38.9 Å². The summed E-state index contributed by atoms with van der Waals surface area (Å²) in [6.45, 7) is 5.18. The van der Waals surface area contributed by atoms with Crippen LogP contribution in [0.5, 0.6) is 11.5 Å². The number of amides is 2. The highest BCUT2D eigenvalue weighted by Crippen LogP contribution is 2.63. The first-order valence-electron chi connectivity index (χ1n) is 13.4. The van der Waals surface area contributed by atoms with Gasteiger partial charge in [0.05, 0.1) is 28.8 Å². The summed E-state index contributed by atoms with van der Waals surface area (Å²) in [5.74, 6) is -4.86. The summed E-state index contributed by atoms with van der Waals surface area (Å²) in [6.07, 6.45) is 2.53. The minimum Gasteiger partial charge on any atom is -0.503 e. The number of phenolic OH excluding ortho intramolecular Hbond substituents is 1. The Morgan fingerprint density at radius 3 is 2.48 bits per heavy atom. The van der Waals surface area contributed by atoms with Crippen molar-refractivity contribution in [1.82, 2.24) is 4.90 Å². The molecule has 4 aliphatic rings. The molecule has 1 aromatic rings. The van der Waals surface area contributed by atoms with Crippen LogP contribution < -0.4 is 4.74 Å². The van der Waals surface area contributed by atoms with Gasteiger partial charge in [0.15, 0.2) is 23.1 Å². The number of carboxylic acids is 1. The predicted octanol–water partition coefficient (Wildman–Crippen LogP) is 4.17. The van der Waals surface area contributed by atoms with Gasteiger partial charge < -0.3 is 14.9 Å². The van der Waals surface area contributed by atoms with Crippen LogP contribution in [0.4, 0.5) is 0 Å². The number of carbonyl (C=O) groups is 5. The Morgan fingerprint density at radius 2 is 1.82 bits per heavy atom. The van der Waals surface area contributed by atoms with Gasteiger partial charge in [0, 0.05) is 24.8 Å². The van der Waals surface area contributed by atoms with Crippen LogP contribution in [-0.2, 0) is 24.0 Å². The van der Waals surface area contributed by atoms with Crippen LogP contribution in [0.3, 0.4) is 0 Å². The van der Waals surface area contributed by atoms with Crippen molar-refractivity contribution in [3.8, 4) is 11.5 Å². The van der Waals surface area contributed by atoms with Crippen LogP contribution in [0.15, 0.2) is 39.4 Å². The van der Waals surface area contributed by atoms with E-state index >= 15 is 0 Å². The Balaban J connectivity index is 1.65. The van der Waals surface area contributed by atoms with Crippen molar-refractivity contribution >= 4 is 45.3 Å². The number of ketones is 2. The molecule has 6 atom stereocenters. The minimum absolute atomic E-state index is 0.0319. The number of aliphatic carboxylic acids is 1. The van der Waals surface area contributed by atoms with E-state index in [-0.39, 0.29) is 60.7 Å². The van der Waals surface area contributed by atoms with Gasteiger partial charge in [-0.2, -0.15) is 0 Å². The second-order valence-electron chi connectivity index (χ2n) is 11.5. The van der Waals surface area contributed by atoms with Crippen molar-refractivity contribution in [2.24, 2.45) is 29.1 Å². The van der Waals surface area contributed by atoms with Gasteiger partial charge in [-0.1, -0.05) is 18.6 Å². The fourth-order valence-corrected chi connectivity index (χ4v) is 8.01. The van der Waals surface area contributed by atoms with Gasteiger partial charge in [0.1, 0.15) is 0 Å². The highest BCUT2D eigenvalue weighted by Gasteiger charge is 2.63. The number of ether oxygens (including phenoxy) is 1. The first-order chi connectivity index (χ1) is 18.8. The van der Waals surface area contributed by atoms with Crippen molar-refractivity contribution in [1.29, 1.82) is 0 Å². The Labute approximate surface area is 240 Å². The number of carboxylic acid groups (broad SMARTS) is 1. The number of halogens is 1. The molecule has 0 spiro atoms. The third-order valence-electron chi connectivity index (χ3n) is 9.64. The van der Waals surface area contributed by atoms with Gasteiger partial charge in [-0.25, -0.2) is 0 Å². The van der Waals surface area contributed by atoms with E-state index in [9.17, 15) is 29.1 Å². The summed E-state index contributed by atoms with van der Waals surface area (Å²) in [6, 6.07) is 3.39. The highest BCUT2D eigenvalue weighted by atomic mass is 79.9. The van der Waals surface area contributed by atoms with E-state index in [1.165, 1.54) is 12.0 Å². The average Bonchev–Trinajstić information content (AvgIpc) is 3.16. The zero-order valence-electron chi connectivity index (χ0n) is 22.8. The molecule has 2 fully saturated rings. The van der Waals surface area contributed by atoms with Crippen LogP contribution in [-0.4, -0.2) is 58.1 Å². The largest absolute Gasteiger partial charge is 0.503 e. The third-order valence-corrected chi connectivity index (χ3v) is 10.2. The number of benzene rings is 1. The second kappa shape index (κ2) is 9.98. The van der Waals surface area contributed by atoms with E-state index in [1.807, 2.05) is 13.0 Å². The Kier molecular flexibility index (Phi) is 7.05. The molecule has 0 radical (unpaired) electrons. The number of Topliss-reactive ketones (excluding diaryl/α,β-unsaturated/α-hetero) is 2. The van der Waals surface area contributed by atoms with E-state index in [0.717, 1.165) is 5.57 Å². The molecule has 0 unspecified atom stereocenters. The molecule has 1 heterocycles. The quantitative estimate of drug-likeness (QED) is 0.360. The number of imide groups is 1. The molecule has 0 aromatic heterocycles. The number of hydrogen-bond donors (Lipinski definition) is 2. The number of rotatable bonds is 6. The lowest BCUT2D eigenvalue weighted by Gasteiger charge is -2.54. The fraction of sp³-hybridized carbons (Fsp3) is 0.500. The van der Waals surface area contributed by atoms with E-state index < -0.39 is 41.0 Å². The van der Waals surface area contributed by atoms with Crippen LogP contribution in [0.25, 0.3) is 0 Å². The van der Waals surface area contributed by atoms with Gasteiger partial charge in [0.25, 0.3) is 0 Å². The van der Waals surface area contributed by atoms with Gasteiger partial charge in [-0.15, -0.1) is 0 Å². The predicted molar refractivity (Wildman–Crippen MR) is 146 cm³/mol. The summed E-state index contributed by atoms with van der Waals surface area (Å²) in [5, 5.41) is 19.5. The number of carbonyl (C=O) groups excluding carboxylic acids is 4. The first kappa shape index (κ1) is 28.3. The lowest BCUT2D eigenvalue weighted by atomic mass is 9.46. The van der Waals surface area contributed by atoms with Gasteiger partial charge in [-0.05, 0) is 83.8 Å².